The molecule has 0 saturated carbocycles. The molecule has 0 radical (unpaired) electrons. The highest BCUT2D eigenvalue weighted by Gasteiger charge is 2.37. The van der Waals surface area contributed by atoms with E-state index in [2.05, 4.69) is 5.32 Å². The third-order valence-corrected chi connectivity index (χ3v) is 3.87. The van der Waals surface area contributed by atoms with Crippen molar-refractivity contribution in [1.29, 1.82) is 0 Å². The molecule has 4 nitrogen and oxygen atoms in total. The van der Waals surface area contributed by atoms with Gasteiger partial charge in [0.15, 0.2) is 0 Å². The van der Waals surface area contributed by atoms with Crippen LogP contribution in [-0.4, -0.2) is 10.6 Å². The molecule has 2 N–H and O–H groups in total. The highest BCUT2D eigenvalue weighted by Crippen LogP contribution is 2.37. The SMILES string of the molecule is O=C(Nc1ccc(-n2cccc2)cc1)Nc1cc(C(F)(F)F)cc(C(F)(F)F)c1. The topological polar surface area (TPSA) is 46.1 Å². The lowest BCUT2D eigenvalue weighted by Crippen LogP contribution is -2.20. The van der Waals surface area contributed by atoms with Gasteiger partial charge in [-0.05, 0) is 54.6 Å². The van der Waals surface area contributed by atoms with Gasteiger partial charge in [0.2, 0.25) is 0 Å². The summed E-state index contributed by atoms with van der Waals surface area (Å²) in [5, 5.41) is 4.36. The van der Waals surface area contributed by atoms with Gasteiger partial charge in [0.05, 0.1) is 11.1 Å². The Bertz CT molecular complexity index is 960. The Labute approximate surface area is 160 Å². The molecule has 0 atom stereocenters. The summed E-state index contributed by atoms with van der Waals surface area (Å²) in [4.78, 5) is 12.0. The Morgan fingerprint density at radius 3 is 1.69 bits per heavy atom. The highest BCUT2D eigenvalue weighted by molar-refractivity contribution is 5.99. The van der Waals surface area contributed by atoms with Crippen molar-refractivity contribution in [3.63, 3.8) is 0 Å². The number of halogens is 6. The summed E-state index contributed by atoms with van der Waals surface area (Å²) in [6.45, 7) is 0. The fourth-order valence-electron chi connectivity index (χ4n) is 2.54. The first kappa shape index (κ1) is 20.3. The van der Waals surface area contributed by atoms with Gasteiger partial charge >= 0.3 is 18.4 Å². The Morgan fingerprint density at radius 2 is 1.21 bits per heavy atom. The summed E-state index contributed by atoms with van der Waals surface area (Å²) < 4.78 is 79.1. The Balaban J connectivity index is 1.76. The molecule has 152 valence electrons. The molecule has 3 rings (SSSR count). The standard InChI is InChI=1S/C19H13F6N3O/c20-18(21,22)12-9-13(19(23,24)25)11-15(10-12)27-17(29)26-14-3-5-16(6-4-14)28-7-1-2-8-28/h1-11H,(H2,26,27,29). The lowest BCUT2D eigenvalue weighted by atomic mass is 10.1. The van der Waals surface area contributed by atoms with Crippen LogP contribution < -0.4 is 10.6 Å². The molecule has 2 aromatic carbocycles. The molecule has 10 heteroatoms. The van der Waals surface area contributed by atoms with E-state index in [-0.39, 0.29) is 6.07 Å². The van der Waals surface area contributed by atoms with Gasteiger partial charge in [-0.15, -0.1) is 0 Å². The molecule has 0 saturated heterocycles. The Morgan fingerprint density at radius 1 is 0.724 bits per heavy atom. The van der Waals surface area contributed by atoms with Crippen molar-refractivity contribution in [2.24, 2.45) is 0 Å². The van der Waals surface area contributed by atoms with Crippen molar-refractivity contribution in [1.82, 2.24) is 4.57 Å². The number of nitrogens with zero attached hydrogens (tertiary/aromatic N) is 1. The van der Waals surface area contributed by atoms with E-state index >= 15 is 0 Å². The monoisotopic (exact) mass is 413 g/mol. The van der Waals surface area contributed by atoms with Crippen molar-refractivity contribution in [3.8, 4) is 5.69 Å². The molecular weight excluding hydrogens is 400 g/mol. The van der Waals surface area contributed by atoms with Crippen LogP contribution in [0.5, 0.6) is 0 Å². The number of hydrogen-bond donors (Lipinski definition) is 2. The number of benzene rings is 2. The second-order valence-electron chi connectivity index (χ2n) is 6.01. The van der Waals surface area contributed by atoms with Crippen LogP contribution in [0.1, 0.15) is 11.1 Å². The Hall–Kier alpha value is -3.43. The summed E-state index contributed by atoms with van der Waals surface area (Å²) in [6, 6.07) is 9.98. The molecule has 0 aliphatic carbocycles. The molecule has 1 aromatic heterocycles. The molecule has 0 aliphatic heterocycles. The zero-order valence-corrected chi connectivity index (χ0v) is 14.5. The summed E-state index contributed by atoms with van der Waals surface area (Å²) in [5.74, 6) is 0. The number of hydrogen-bond acceptors (Lipinski definition) is 1. The van der Waals surface area contributed by atoms with Crippen LogP contribution in [-0.2, 0) is 12.4 Å². The van der Waals surface area contributed by atoms with E-state index < -0.39 is 35.2 Å². The van der Waals surface area contributed by atoms with Crippen LogP contribution in [0.25, 0.3) is 5.69 Å². The van der Waals surface area contributed by atoms with E-state index in [0.29, 0.717) is 17.8 Å². The lowest BCUT2D eigenvalue weighted by Gasteiger charge is -2.15. The van der Waals surface area contributed by atoms with Crippen LogP contribution >= 0.6 is 0 Å². The average molecular weight is 413 g/mol. The van der Waals surface area contributed by atoms with Crippen molar-refractivity contribution in [2.75, 3.05) is 10.6 Å². The number of rotatable bonds is 3. The summed E-state index contributed by atoms with van der Waals surface area (Å²) >= 11 is 0. The summed E-state index contributed by atoms with van der Waals surface area (Å²) in [6.07, 6.45) is -6.38. The quantitative estimate of drug-likeness (QED) is 0.497. The van der Waals surface area contributed by atoms with Crippen LogP contribution in [0.3, 0.4) is 0 Å². The number of alkyl halides is 6. The fraction of sp³-hybridized carbons (Fsp3) is 0.105. The maximum absolute atomic E-state index is 12.9. The minimum atomic E-state index is -5.00. The second kappa shape index (κ2) is 7.53. The molecule has 29 heavy (non-hydrogen) atoms. The largest absolute Gasteiger partial charge is 0.416 e. The van der Waals surface area contributed by atoms with Gasteiger partial charge in [-0.1, -0.05) is 0 Å². The van der Waals surface area contributed by atoms with E-state index in [0.717, 1.165) is 5.69 Å². The molecule has 3 aromatic rings. The Kier molecular flexibility index (Phi) is 5.27. The predicted octanol–water partition coefficient (Wildman–Crippen LogP) is 6.16. The first-order valence-corrected chi connectivity index (χ1v) is 8.13. The van der Waals surface area contributed by atoms with Crippen molar-refractivity contribution in [2.45, 2.75) is 12.4 Å². The molecule has 0 fully saturated rings. The van der Waals surface area contributed by atoms with E-state index in [1.807, 2.05) is 22.0 Å². The fourth-order valence-corrected chi connectivity index (χ4v) is 2.54. The van der Waals surface area contributed by atoms with E-state index in [1.54, 1.807) is 36.7 Å². The van der Waals surface area contributed by atoms with Crippen LogP contribution in [0.15, 0.2) is 67.0 Å². The summed E-state index contributed by atoms with van der Waals surface area (Å²) in [7, 11) is 0. The third-order valence-electron chi connectivity index (χ3n) is 3.87. The van der Waals surface area contributed by atoms with Crippen molar-refractivity contribution in [3.05, 3.63) is 78.1 Å². The zero-order chi connectivity index (χ0) is 21.2. The lowest BCUT2D eigenvalue weighted by molar-refractivity contribution is -0.143. The number of aromatic nitrogens is 1. The normalized spacial score (nSPS) is 11.9. The van der Waals surface area contributed by atoms with Crippen molar-refractivity contribution < 1.29 is 31.1 Å². The van der Waals surface area contributed by atoms with Gasteiger partial charge in [-0.2, -0.15) is 26.3 Å². The molecule has 2 amide bonds. The smallest absolute Gasteiger partial charge is 0.324 e. The maximum atomic E-state index is 12.9. The van der Waals surface area contributed by atoms with Crippen molar-refractivity contribution >= 4 is 17.4 Å². The minimum Gasteiger partial charge on any atom is -0.324 e. The highest BCUT2D eigenvalue weighted by atomic mass is 19.4. The molecule has 0 spiro atoms. The van der Waals surface area contributed by atoms with Gasteiger partial charge in [-0.25, -0.2) is 4.79 Å². The van der Waals surface area contributed by atoms with Gasteiger partial charge < -0.3 is 15.2 Å². The van der Waals surface area contributed by atoms with Crippen LogP contribution in [0, 0.1) is 0 Å². The van der Waals surface area contributed by atoms with E-state index in [9.17, 15) is 31.1 Å². The molecule has 1 heterocycles. The maximum Gasteiger partial charge on any atom is 0.416 e. The van der Waals surface area contributed by atoms with Gasteiger partial charge in [0.1, 0.15) is 0 Å². The number of urea groups is 1. The van der Waals surface area contributed by atoms with Gasteiger partial charge in [0.25, 0.3) is 0 Å². The second-order valence-corrected chi connectivity index (χ2v) is 6.01. The number of carbonyl (C=O) groups is 1. The number of anilines is 2. The average Bonchev–Trinajstić information content (AvgIpc) is 3.15. The van der Waals surface area contributed by atoms with Gasteiger partial charge in [0, 0.05) is 29.5 Å². The third kappa shape index (κ3) is 5.09. The minimum absolute atomic E-state index is 0.0109. The van der Waals surface area contributed by atoms with Crippen LogP contribution in [0.2, 0.25) is 0 Å². The number of nitrogens with one attached hydrogen (secondary N) is 2. The first-order chi connectivity index (χ1) is 13.5. The first-order valence-electron chi connectivity index (χ1n) is 8.13. The zero-order valence-electron chi connectivity index (χ0n) is 14.5. The molecular formula is C19H13F6N3O. The number of carbonyl (C=O) groups excluding carboxylic acids is 1. The predicted molar refractivity (Wildman–Crippen MR) is 94.9 cm³/mol. The van der Waals surface area contributed by atoms with Gasteiger partial charge in [-0.3, -0.25) is 0 Å². The molecule has 0 bridgehead atoms. The number of amides is 2. The van der Waals surface area contributed by atoms with Crippen LogP contribution in [0.4, 0.5) is 42.5 Å². The van der Waals surface area contributed by atoms with E-state index in [1.165, 1.54) is 0 Å². The summed E-state index contributed by atoms with van der Waals surface area (Å²) in [5.41, 5.74) is -2.55. The molecule has 0 unspecified atom stereocenters. The molecule has 0 aliphatic rings. The van der Waals surface area contributed by atoms with E-state index in [4.69, 9.17) is 0 Å².